The average Bonchev–Trinajstić information content (AvgIpc) is 2.63. The van der Waals surface area contributed by atoms with Gasteiger partial charge in [-0.25, -0.2) is 10.6 Å². The van der Waals surface area contributed by atoms with Crippen LogP contribution in [-0.4, -0.2) is 17.0 Å². The van der Waals surface area contributed by atoms with Crippen LogP contribution in [0.5, 0.6) is 11.5 Å². The van der Waals surface area contributed by atoms with Crippen LogP contribution in [0.25, 0.3) is 10.8 Å². The van der Waals surface area contributed by atoms with Crippen LogP contribution in [0.2, 0.25) is 5.02 Å². The van der Waals surface area contributed by atoms with Crippen molar-refractivity contribution in [2.45, 2.75) is 0 Å². The van der Waals surface area contributed by atoms with Crippen LogP contribution in [0, 0.1) is 0 Å². The van der Waals surface area contributed by atoms with E-state index in [4.69, 9.17) is 22.2 Å². The Kier molecular flexibility index (Phi) is 4.56. The third-order valence-electron chi connectivity index (χ3n) is 3.65. The summed E-state index contributed by atoms with van der Waals surface area (Å²) in [6.07, 6.45) is 0. The Labute approximate surface area is 147 Å². The lowest BCUT2D eigenvalue weighted by Crippen LogP contribution is -2.30. The summed E-state index contributed by atoms with van der Waals surface area (Å²) in [5.41, 5.74) is 2.64. The van der Waals surface area contributed by atoms with Crippen molar-refractivity contribution in [1.29, 1.82) is 0 Å². The SMILES string of the molecule is NNC(=O)c1ccc(OC(=O)c2ccc(O)c(Cl)c2)c2ccccc12. The lowest BCUT2D eigenvalue weighted by molar-refractivity contribution is 0.0737. The molecule has 3 aromatic rings. The molecule has 0 atom stereocenters. The number of amides is 1. The zero-order valence-electron chi connectivity index (χ0n) is 12.8. The van der Waals surface area contributed by atoms with Crippen molar-refractivity contribution in [3.05, 3.63) is 70.7 Å². The number of halogens is 1. The van der Waals surface area contributed by atoms with E-state index >= 15 is 0 Å². The van der Waals surface area contributed by atoms with Gasteiger partial charge in [0.05, 0.1) is 10.6 Å². The maximum atomic E-state index is 12.3. The molecule has 4 N–H and O–H groups in total. The zero-order chi connectivity index (χ0) is 18.0. The van der Waals surface area contributed by atoms with Gasteiger partial charge in [0.25, 0.3) is 5.91 Å². The summed E-state index contributed by atoms with van der Waals surface area (Å²) in [6.45, 7) is 0. The number of carbonyl (C=O) groups excluding carboxylic acids is 2. The number of phenolic OH excluding ortho intramolecular Hbond substituents is 1. The number of nitrogens with two attached hydrogens (primary N) is 1. The number of aromatic hydroxyl groups is 1. The maximum absolute atomic E-state index is 12.3. The van der Waals surface area contributed by atoms with Crippen molar-refractivity contribution in [1.82, 2.24) is 5.43 Å². The minimum Gasteiger partial charge on any atom is -0.506 e. The average molecular weight is 357 g/mol. The highest BCUT2D eigenvalue weighted by Crippen LogP contribution is 2.30. The van der Waals surface area contributed by atoms with Crippen LogP contribution in [0.4, 0.5) is 0 Å². The number of phenols is 1. The summed E-state index contributed by atoms with van der Waals surface area (Å²) < 4.78 is 5.43. The zero-order valence-corrected chi connectivity index (χ0v) is 13.6. The lowest BCUT2D eigenvalue weighted by Gasteiger charge is -2.11. The molecule has 0 saturated heterocycles. The third kappa shape index (κ3) is 3.26. The number of rotatable bonds is 3. The number of hydrogen-bond donors (Lipinski definition) is 3. The summed E-state index contributed by atoms with van der Waals surface area (Å²) in [7, 11) is 0. The maximum Gasteiger partial charge on any atom is 0.343 e. The van der Waals surface area contributed by atoms with Gasteiger partial charge in [-0.05, 0) is 35.7 Å². The number of carbonyl (C=O) groups is 2. The van der Waals surface area contributed by atoms with E-state index in [0.717, 1.165) is 0 Å². The highest BCUT2D eigenvalue weighted by atomic mass is 35.5. The summed E-state index contributed by atoms with van der Waals surface area (Å²) >= 11 is 5.81. The Morgan fingerprint density at radius 3 is 2.44 bits per heavy atom. The fourth-order valence-electron chi connectivity index (χ4n) is 2.43. The first-order chi connectivity index (χ1) is 12.0. The van der Waals surface area contributed by atoms with Crippen LogP contribution in [-0.2, 0) is 0 Å². The van der Waals surface area contributed by atoms with Gasteiger partial charge in [0.15, 0.2) is 0 Å². The molecule has 7 heteroatoms. The van der Waals surface area contributed by atoms with Crippen LogP contribution in [0.15, 0.2) is 54.6 Å². The molecule has 0 saturated carbocycles. The minimum atomic E-state index is -0.636. The molecule has 0 heterocycles. The number of nitrogen functional groups attached to an aromatic ring is 1. The second-order valence-electron chi connectivity index (χ2n) is 5.19. The first-order valence-corrected chi connectivity index (χ1v) is 7.62. The first kappa shape index (κ1) is 16.8. The van der Waals surface area contributed by atoms with Gasteiger partial charge < -0.3 is 9.84 Å². The van der Waals surface area contributed by atoms with Crippen LogP contribution < -0.4 is 16.0 Å². The molecule has 0 spiro atoms. The first-order valence-electron chi connectivity index (χ1n) is 7.24. The molecule has 3 aromatic carbocycles. The van der Waals surface area contributed by atoms with E-state index in [-0.39, 0.29) is 16.3 Å². The Morgan fingerprint density at radius 2 is 1.76 bits per heavy atom. The normalized spacial score (nSPS) is 10.5. The van der Waals surface area contributed by atoms with E-state index in [0.29, 0.717) is 22.1 Å². The number of ether oxygens (including phenoxy) is 1. The topological polar surface area (TPSA) is 102 Å². The molecule has 0 aliphatic rings. The van der Waals surface area contributed by atoms with E-state index in [2.05, 4.69) is 5.43 Å². The molecule has 3 rings (SSSR count). The van der Waals surface area contributed by atoms with Crippen molar-refractivity contribution in [2.75, 3.05) is 0 Å². The molecule has 0 fully saturated rings. The quantitative estimate of drug-likeness (QED) is 0.220. The Hall–Kier alpha value is -3.09. The molecular weight excluding hydrogens is 344 g/mol. The van der Waals surface area contributed by atoms with Gasteiger partial charge in [-0.3, -0.25) is 10.2 Å². The van der Waals surface area contributed by atoms with E-state index in [9.17, 15) is 14.7 Å². The largest absolute Gasteiger partial charge is 0.506 e. The minimum absolute atomic E-state index is 0.0503. The van der Waals surface area contributed by atoms with Gasteiger partial charge in [0, 0.05) is 10.9 Å². The smallest absolute Gasteiger partial charge is 0.343 e. The molecule has 126 valence electrons. The molecule has 0 unspecified atom stereocenters. The molecule has 6 nitrogen and oxygen atoms in total. The third-order valence-corrected chi connectivity index (χ3v) is 3.95. The Bertz CT molecular complexity index is 988. The number of nitrogens with one attached hydrogen (secondary N) is 1. The van der Waals surface area contributed by atoms with Gasteiger partial charge in [-0.2, -0.15) is 0 Å². The molecule has 25 heavy (non-hydrogen) atoms. The second kappa shape index (κ2) is 6.80. The number of fused-ring (bicyclic) bond motifs is 1. The van der Waals surface area contributed by atoms with Crippen molar-refractivity contribution in [3.63, 3.8) is 0 Å². The Morgan fingerprint density at radius 1 is 1.04 bits per heavy atom. The summed E-state index contributed by atoms with van der Waals surface area (Å²) in [5.74, 6) is 4.28. The fourth-order valence-corrected chi connectivity index (χ4v) is 2.61. The fraction of sp³-hybridized carbons (Fsp3) is 0. The summed E-state index contributed by atoms with van der Waals surface area (Å²) in [4.78, 5) is 24.2. The molecule has 0 aliphatic carbocycles. The van der Waals surface area contributed by atoms with Crippen LogP contribution >= 0.6 is 11.6 Å². The van der Waals surface area contributed by atoms with Crippen molar-refractivity contribution in [2.24, 2.45) is 5.84 Å². The Balaban J connectivity index is 2.00. The van der Waals surface area contributed by atoms with Gasteiger partial charge in [0.2, 0.25) is 0 Å². The second-order valence-corrected chi connectivity index (χ2v) is 5.59. The van der Waals surface area contributed by atoms with Gasteiger partial charge in [-0.15, -0.1) is 0 Å². The number of hydrogen-bond acceptors (Lipinski definition) is 5. The molecule has 0 bridgehead atoms. The highest BCUT2D eigenvalue weighted by molar-refractivity contribution is 6.32. The predicted molar refractivity (Wildman–Crippen MR) is 93.7 cm³/mol. The van der Waals surface area contributed by atoms with Crippen molar-refractivity contribution in [3.8, 4) is 11.5 Å². The lowest BCUT2D eigenvalue weighted by atomic mass is 10.0. The summed E-state index contributed by atoms with van der Waals surface area (Å²) in [5, 5.41) is 10.7. The van der Waals surface area contributed by atoms with Gasteiger partial charge in [-0.1, -0.05) is 35.9 Å². The number of esters is 1. The summed E-state index contributed by atoms with van der Waals surface area (Å²) in [6, 6.07) is 14.1. The van der Waals surface area contributed by atoms with E-state index in [1.165, 1.54) is 30.3 Å². The standard InChI is InChI=1S/C18H13ClN2O4/c19-14-9-10(5-7-15(14)22)18(24)25-16-8-6-13(17(23)21-20)11-3-1-2-4-12(11)16/h1-9,22H,20H2,(H,21,23). The molecule has 1 amide bonds. The van der Waals surface area contributed by atoms with E-state index in [1.54, 1.807) is 24.3 Å². The molecule has 0 aliphatic heterocycles. The van der Waals surface area contributed by atoms with Gasteiger partial charge >= 0.3 is 5.97 Å². The number of hydrazine groups is 1. The van der Waals surface area contributed by atoms with Crippen molar-refractivity contribution >= 4 is 34.2 Å². The predicted octanol–water partition coefficient (Wildman–Crippen LogP) is 3.02. The van der Waals surface area contributed by atoms with E-state index in [1.807, 2.05) is 0 Å². The number of benzene rings is 3. The molecular formula is C18H13ClN2O4. The van der Waals surface area contributed by atoms with Crippen molar-refractivity contribution < 1.29 is 19.4 Å². The molecule has 0 radical (unpaired) electrons. The monoisotopic (exact) mass is 356 g/mol. The molecule has 0 aromatic heterocycles. The highest BCUT2D eigenvalue weighted by Gasteiger charge is 2.16. The van der Waals surface area contributed by atoms with Crippen LogP contribution in [0.1, 0.15) is 20.7 Å². The van der Waals surface area contributed by atoms with Gasteiger partial charge in [0.1, 0.15) is 11.5 Å². The van der Waals surface area contributed by atoms with Crippen LogP contribution in [0.3, 0.4) is 0 Å². The van der Waals surface area contributed by atoms with E-state index < -0.39 is 11.9 Å².